The first-order chi connectivity index (χ1) is 7.83. The second-order valence-electron chi connectivity index (χ2n) is 4.86. The Bertz CT molecular complexity index is 384. The minimum absolute atomic E-state index is 0.0864. The third-order valence-electron chi connectivity index (χ3n) is 2.94. The number of hydrogen-bond acceptors (Lipinski definition) is 4. The molecule has 0 radical (unpaired) electrons. The van der Waals surface area contributed by atoms with Gasteiger partial charge in [-0.1, -0.05) is 0 Å². The second kappa shape index (κ2) is 5.14. The number of nitrogen functional groups attached to an aromatic ring is 1. The molecule has 0 saturated carbocycles. The lowest BCUT2D eigenvalue weighted by Gasteiger charge is -2.32. The van der Waals surface area contributed by atoms with Gasteiger partial charge in [0.05, 0.1) is 5.56 Å². The molecule has 1 rings (SSSR count). The van der Waals surface area contributed by atoms with Gasteiger partial charge in [0.2, 0.25) is 0 Å². The van der Waals surface area contributed by atoms with Crippen LogP contribution >= 0.6 is 0 Å². The van der Waals surface area contributed by atoms with Gasteiger partial charge in [-0.3, -0.25) is 4.79 Å². The molecule has 17 heavy (non-hydrogen) atoms. The number of anilines is 1. The molecule has 0 fully saturated rings. The van der Waals surface area contributed by atoms with Crippen LogP contribution in [0.2, 0.25) is 0 Å². The van der Waals surface area contributed by atoms with Crippen molar-refractivity contribution in [3.05, 3.63) is 23.9 Å². The highest BCUT2D eigenvalue weighted by molar-refractivity contribution is 5.94. The number of likely N-dealkylation sites (N-methyl/N-ethyl adjacent to an activating group) is 1. The summed E-state index contributed by atoms with van der Waals surface area (Å²) in [5, 5.41) is 2.88. The number of nitrogens with two attached hydrogens (primary N) is 1. The fraction of sp³-hybridized carbons (Fsp3) is 0.500. The third-order valence-corrected chi connectivity index (χ3v) is 2.94. The van der Waals surface area contributed by atoms with Crippen LogP contribution in [-0.2, 0) is 0 Å². The van der Waals surface area contributed by atoms with Gasteiger partial charge in [0.1, 0.15) is 5.82 Å². The Hall–Kier alpha value is -1.62. The Balaban J connectivity index is 2.59. The number of rotatable bonds is 4. The molecule has 5 nitrogen and oxygen atoms in total. The first-order valence-electron chi connectivity index (χ1n) is 5.50. The van der Waals surface area contributed by atoms with E-state index >= 15 is 0 Å². The fourth-order valence-corrected chi connectivity index (χ4v) is 1.10. The maximum Gasteiger partial charge on any atom is 0.252 e. The van der Waals surface area contributed by atoms with E-state index < -0.39 is 0 Å². The molecule has 0 unspecified atom stereocenters. The van der Waals surface area contributed by atoms with Crippen molar-refractivity contribution >= 4 is 11.7 Å². The maximum atomic E-state index is 11.8. The van der Waals surface area contributed by atoms with E-state index in [1.807, 2.05) is 14.1 Å². The lowest BCUT2D eigenvalue weighted by molar-refractivity contribution is 0.0919. The molecule has 94 valence electrons. The van der Waals surface area contributed by atoms with Crippen molar-refractivity contribution in [2.24, 2.45) is 0 Å². The topological polar surface area (TPSA) is 71.2 Å². The van der Waals surface area contributed by atoms with Crippen molar-refractivity contribution in [3.8, 4) is 0 Å². The summed E-state index contributed by atoms with van der Waals surface area (Å²) in [5.41, 5.74) is 5.90. The Labute approximate surface area is 102 Å². The average Bonchev–Trinajstić information content (AvgIpc) is 2.27. The molecular formula is C12H20N4O. The predicted molar refractivity (Wildman–Crippen MR) is 68.7 cm³/mol. The summed E-state index contributed by atoms with van der Waals surface area (Å²) < 4.78 is 0. The van der Waals surface area contributed by atoms with Crippen LogP contribution in [0.1, 0.15) is 24.2 Å². The quantitative estimate of drug-likeness (QED) is 0.808. The van der Waals surface area contributed by atoms with Crippen LogP contribution in [0.25, 0.3) is 0 Å². The SMILES string of the molecule is CN(C)C(C)(C)CNC(=O)c1ccc(N)nc1. The lowest BCUT2D eigenvalue weighted by atomic mass is 10.0. The monoisotopic (exact) mass is 236 g/mol. The third kappa shape index (κ3) is 3.71. The van der Waals surface area contributed by atoms with E-state index in [-0.39, 0.29) is 11.4 Å². The largest absolute Gasteiger partial charge is 0.384 e. The van der Waals surface area contributed by atoms with Crippen LogP contribution in [0.4, 0.5) is 5.82 Å². The minimum Gasteiger partial charge on any atom is -0.384 e. The van der Waals surface area contributed by atoms with E-state index in [9.17, 15) is 4.79 Å². The van der Waals surface area contributed by atoms with Crippen molar-refractivity contribution in [3.63, 3.8) is 0 Å². The van der Waals surface area contributed by atoms with E-state index in [0.717, 1.165) is 0 Å². The van der Waals surface area contributed by atoms with Crippen LogP contribution in [-0.4, -0.2) is 42.0 Å². The molecule has 3 N–H and O–H groups in total. The molecule has 0 aliphatic carbocycles. The number of hydrogen-bond donors (Lipinski definition) is 2. The van der Waals surface area contributed by atoms with Crippen LogP contribution in [0, 0.1) is 0 Å². The first kappa shape index (κ1) is 13.4. The molecule has 0 spiro atoms. The average molecular weight is 236 g/mol. The molecule has 0 aliphatic heterocycles. The van der Waals surface area contributed by atoms with Gasteiger partial charge in [-0.05, 0) is 40.1 Å². The highest BCUT2D eigenvalue weighted by atomic mass is 16.1. The van der Waals surface area contributed by atoms with E-state index in [0.29, 0.717) is 17.9 Å². The minimum atomic E-state index is -0.132. The number of nitrogens with one attached hydrogen (secondary N) is 1. The number of nitrogens with zero attached hydrogens (tertiary/aromatic N) is 2. The Kier molecular flexibility index (Phi) is 4.07. The molecule has 1 aromatic heterocycles. The summed E-state index contributed by atoms with van der Waals surface area (Å²) in [6.07, 6.45) is 1.48. The van der Waals surface area contributed by atoms with Crippen molar-refractivity contribution in [2.45, 2.75) is 19.4 Å². The summed E-state index contributed by atoms with van der Waals surface area (Å²) >= 11 is 0. The van der Waals surface area contributed by atoms with Gasteiger partial charge in [0.15, 0.2) is 0 Å². The Morgan fingerprint density at radius 3 is 2.59 bits per heavy atom. The summed E-state index contributed by atoms with van der Waals surface area (Å²) in [7, 11) is 3.97. The first-order valence-corrected chi connectivity index (χ1v) is 5.50. The predicted octanol–water partition coefficient (Wildman–Crippen LogP) is 0.734. The van der Waals surface area contributed by atoms with E-state index in [1.165, 1.54) is 6.20 Å². The van der Waals surface area contributed by atoms with Crippen LogP contribution in [0.15, 0.2) is 18.3 Å². The number of carbonyl (C=O) groups excluding carboxylic acids is 1. The summed E-state index contributed by atoms with van der Waals surface area (Å²) in [6, 6.07) is 3.28. The summed E-state index contributed by atoms with van der Waals surface area (Å²) in [6.45, 7) is 4.70. The van der Waals surface area contributed by atoms with Crippen LogP contribution < -0.4 is 11.1 Å². The molecule has 1 heterocycles. The molecule has 5 heteroatoms. The van der Waals surface area contributed by atoms with E-state index in [2.05, 4.69) is 29.0 Å². The van der Waals surface area contributed by atoms with Gasteiger partial charge in [-0.2, -0.15) is 0 Å². The van der Waals surface area contributed by atoms with E-state index in [4.69, 9.17) is 5.73 Å². The molecule has 0 aliphatic rings. The van der Waals surface area contributed by atoms with Crippen molar-refractivity contribution in [1.29, 1.82) is 0 Å². The van der Waals surface area contributed by atoms with Gasteiger partial charge in [-0.25, -0.2) is 4.98 Å². The summed E-state index contributed by atoms with van der Waals surface area (Å²) in [5.74, 6) is 0.280. The zero-order chi connectivity index (χ0) is 13.1. The van der Waals surface area contributed by atoms with Crippen molar-refractivity contribution in [1.82, 2.24) is 15.2 Å². The summed E-state index contributed by atoms with van der Waals surface area (Å²) in [4.78, 5) is 17.8. The maximum absolute atomic E-state index is 11.8. The standard InChI is InChI=1S/C12H20N4O/c1-12(2,16(3)4)8-15-11(17)9-5-6-10(13)14-7-9/h5-7H,8H2,1-4H3,(H2,13,14)(H,15,17). The van der Waals surface area contributed by atoms with Crippen molar-refractivity contribution < 1.29 is 4.79 Å². The number of amides is 1. The number of pyridine rings is 1. The lowest BCUT2D eigenvalue weighted by Crippen LogP contribution is -2.48. The van der Waals surface area contributed by atoms with Crippen LogP contribution in [0.5, 0.6) is 0 Å². The molecule has 1 amide bonds. The van der Waals surface area contributed by atoms with Gasteiger partial charge < -0.3 is 16.0 Å². The Morgan fingerprint density at radius 2 is 2.12 bits per heavy atom. The molecule has 0 atom stereocenters. The molecule has 0 bridgehead atoms. The normalized spacial score (nSPS) is 11.6. The zero-order valence-electron chi connectivity index (χ0n) is 10.8. The number of aromatic nitrogens is 1. The van der Waals surface area contributed by atoms with Gasteiger partial charge >= 0.3 is 0 Å². The highest BCUT2D eigenvalue weighted by Crippen LogP contribution is 2.08. The number of carbonyl (C=O) groups is 1. The molecule has 0 saturated heterocycles. The molecule has 1 aromatic rings. The van der Waals surface area contributed by atoms with E-state index in [1.54, 1.807) is 12.1 Å². The van der Waals surface area contributed by atoms with Crippen LogP contribution in [0.3, 0.4) is 0 Å². The second-order valence-corrected chi connectivity index (χ2v) is 4.86. The smallest absolute Gasteiger partial charge is 0.252 e. The van der Waals surface area contributed by atoms with Gasteiger partial charge in [0, 0.05) is 18.3 Å². The molecular weight excluding hydrogens is 216 g/mol. The van der Waals surface area contributed by atoms with Gasteiger partial charge in [-0.15, -0.1) is 0 Å². The Morgan fingerprint density at radius 1 is 1.47 bits per heavy atom. The van der Waals surface area contributed by atoms with Gasteiger partial charge in [0.25, 0.3) is 5.91 Å². The zero-order valence-corrected chi connectivity index (χ0v) is 10.8. The van der Waals surface area contributed by atoms with Crippen molar-refractivity contribution in [2.75, 3.05) is 26.4 Å². The molecule has 0 aromatic carbocycles. The highest BCUT2D eigenvalue weighted by Gasteiger charge is 2.21. The fourth-order valence-electron chi connectivity index (χ4n) is 1.10.